The predicted molar refractivity (Wildman–Crippen MR) is 124 cm³/mol. The van der Waals surface area contributed by atoms with Crippen LogP contribution in [-0.2, 0) is 17.7 Å². The average molecular weight is 519 g/mol. The van der Waals surface area contributed by atoms with Crippen LogP contribution >= 0.6 is 24.0 Å². The molecule has 0 unspecified atom stereocenters. The summed E-state index contributed by atoms with van der Waals surface area (Å²) in [5.41, 5.74) is 0.843. The molecule has 0 atom stereocenters. The van der Waals surface area contributed by atoms with Gasteiger partial charge in [-0.25, -0.2) is 4.39 Å². The first-order chi connectivity index (χ1) is 13.6. The Hall–Kier alpha value is -1.81. The van der Waals surface area contributed by atoms with Crippen molar-refractivity contribution < 1.29 is 18.3 Å². The number of rotatable bonds is 11. The third-order valence-corrected chi connectivity index (χ3v) is 4.14. The zero-order valence-electron chi connectivity index (χ0n) is 17.3. The molecular formula is C21H31FIN3O3. The molecule has 2 rings (SSSR count). The lowest BCUT2D eigenvalue weighted by Crippen LogP contribution is -2.39. The lowest BCUT2D eigenvalue weighted by Gasteiger charge is -2.23. The molecule has 162 valence electrons. The minimum absolute atomic E-state index is 0. The summed E-state index contributed by atoms with van der Waals surface area (Å²) < 4.78 is 29.7. The number of ether oxygens (including phenoxy) is 2. The fourth-order valence-electron chi connectivity index (χ4n) is 2.72. The highest BCUT2D eigenvalue weighted by Crippen LogP contribution is 2.18. The molecule has 0 aliphatic carbocycles. The molecule has 0 saturated heterocycles. The molecule has 6 nitrogen and oxygen atoms in total. The van der Waals surface area contributed by atoms with Crippen LogP contribution in [0.2, 0.25) is 0 Å². The van der Waals surface area contributed by atoms with Crippen molar-refractivity contribution in [2.24, 2.45) is 4.99 Å². The molecule has 2 aromatic rings. The number of nitrogens with zero attached hydrogens (tertiary/aromatic N) is 2. The molecule has 0 radical (unpaired) electrons. The second-order valence-electron chi connectivity index (χ2n) is 6.34. The van der Waals surface area contributed by atoms with Crippen LogP contribution in [-0.4, -0.2) is 51.3 Å². The molecule has 0 spiro atoms. The summed E-state index contributed by atoms with van der Waals surface area (Å²) in [6.07, 6.45) is 3.28. The van der Waals surface area contributed by atoms with Crippen molar-refractivity contribution >= 4 is 29.9 Å². The molecular weight excluding hydrogens is 488 g/mol. The van der Waals surface area contributed by atoms with Crippen LogP contribution in [0.5, 0.6) is 5.75 Å². The highest BCUT2D eigenvalue weighted by Gasteiger charge is 2.10. The summed E-state index contributed by atoms with van der Waals surface area (Å²) in [7, 11) is 3.39. The van der Waals surface area contributed by atoms with Crippen LogP contribution < -0.4 is 10.1 Å². The quantitative estimate of drug-likeness (QED) is 0.210. The summed E-state index contributed by atoms with van der Waals surface area (Å²) in [5.74, 6) is 1.56. The van der Waals surface area contributed by atoms with E-state index >= 15 is 0 Å². The van der Waals surface area contributed by atoms with Crippen molar-refractivity contribution in [3.63, 3.8) is 0 Å². The lowest BCUT2D eigenvalue weighted by molar-refractivity contribution is 0.146. The van der Waals surface area contributed by atoms with Gasteiger partial charge in [0, 0.05) is 46.3 Å². The SMILES string of the molecule is CCOCCCN=C(NCCc1ccco1)N(C)Cc1ccc(OC)c(F)c1.I. The molecule has 29 heavy (non-hydrogen) atoms. The van der Waals surface area contributed by atoms with Gasteiger partial charge in [0.25, 0.3) is 0 Å². The molecule has 1 aromatic carbocycles. The Morgan fingerprint density at radius 1 is 1.31 bits per heavy atom. The van der Waals surface area contributed by atoms with E-state index in [2.05, 4.69) is 10.3 Å². The maximum absolute atomic E-state index is 14.0. The molecule has 1 aromatic heterocycles. The Bertz CT molecular complexity index is 726. The summed E-state index contributed by atoms with van der Waals surface area (Å²) in [4.78, 5) is 6.65. The fraction of sp³-hybridized carbons (Fsp3) is 0.476. The molecule has 0 saturated carbocycles. The zero-order chi connectivity index (χ0) is 20.2. The number of nitrogens with one attached hydrogen (secondary N) is 1. The first-order valence-corrected chi connectivity index (χ1v) is 9.56. The number of methoxy groups -OCH3 is 1. The second-order valence-corrected chi connectivity index (χ2v) is 6.34. The average Bonchev–Trinajstić information content (AvgIpc) is 3.20. The standard InChI is InChI=1S/C21H30FN3O3.HI/c1-4-27-13-6-11-23-21(24-12-10-18-7-5-14-28-18)25(2)16-17-8-9-20(26-3)19(22)15-17;/h5,7-9,14-15H,4,6,10-13,16H2,1-3H3,(H,23,24);1H. The summed E-state index contributed by atoms with van der Waals surface area (Å²) >= 11 is 0. The van der Waals surface area contributed by atoms with Crippen LogP contribution in [0, 0.1) is 5.82 Å². The van der Waals surface area contributed by atoms with Crippen molar-refractivity contribution in [3.8, 4) is 5.75 Å². The van der Waals surface area contributed by atoms with Gasteiger partial charge in [-0.3, -0.25) is 4.99 Å². The largest absolute Gasteiger partial charge is 0.494 e. The normalized spacial score (nSPS) is 11.1. The van der Waals surface area contributed by atoms with Gasteiger partial charge in [-0.05, 0) is 43.2 Å². The van der Waals surface area contributed by atoms with Crippen LogP contribution in [0.15, 0.2) is 46.0 Å². The molecule has 1 heterocycles. The van der Waals surface area contributed by atoms with E-state index in [9.17, 15) is 4.39 Å². The smallest absolute Gasteiger partial charge is 0.193 e. The molecule has 0 amide bonds. The van der Waals surface area contributed by atoms with Gasteiger partial charge in [-0.15, -0.1) is 24.0 Å². The van der Waals surface area contributed by atoms with Gasteiger partial charge < -0.3 is 24.1 Å². The highest BCUT2D eigenvalue weighted by molar-refractivity contribution is 14.0. The number of benzene rings is 1. The van der Waals surface area contributed by atoms with Crippen LogP contribution in [0.25, 0.3) is 0 Å². The van der Waals surface area contributed by atoms with E-state index < -0.39 is 0 Å². The van der Waals surface area contributed by atoms with Crippen molar-refractivity contribution in [2.45, 2.75) is 26.3 Å². The van der Waals surface area contributed by atoms with Gasteiger partial charge in [-0.1, -0.05) is 6.07 Å². The Balaban J connectivity index is 0.00000420. The van der Waals surface area contributed by atoms with Gasteiger partial charge in [0.05, 0.1) is 13.4 Å². The van der Waals surface area contributed by atoms with Crippen LogP contribution in [0.3, 0.4) is 0 Å². The number of furan rings is 1. The fourth-order valence-corrected chi connectivity index (χ4v) is 2.72. The van der Waals surface area contributed by atoms with Crippen molar-refractivity contribution in [1.82, 2.24) is 10.2 Å². The summed E-state index contributed by atoms with van der Waals surface area (Å²) in [6.45, 7) is 5.25. The molecule has 0 aliphatic rings. The Morgan fingerprint density at radius 3 is 2.79 bits per heavy atom. The van der Waals surface area contributed by atoms with E-state index in [0.29, 0.717) is 32.8 Å². The minimum atomic E-state index is -0.366. The van der Waals surface area contributed by atoms with E-state index in [1.54, 1.807) is 12.3 Å². The number of aliphatic imine (C=N–C) groups is 1. The third kappa shape index (κ3) is 9.03. The van der Waals surface area contributed by atoms with Crippen molar-refractivity contribution in [1.29, 1.82) is 0 Å². The van der Waals surface area contributed by atoms with Gasteiger partial charge in [-0.2, -0.15) is 0 Å². The molecule has 8 heteroatoms. The second kappa shape index (κ2) is 14.2. The molecule has 1 N–H and O–H groups in total. The van der Waals surface area contributed by atoms with Gasteiger partial charge in [0.2, 0.25) is 0 Å². The topological polar surface area (TPSA) is 59.2 Å². The summed E-state index contributed by atoms with van der Waals surface area (Å²) in [6, 6.07) is 8.81. The maximum atomic E-state index is 14.0. The van der Waals surface area contributed by atoms with E-state index in [1.807, 2.05) is 37.1 Å². The number of guanidine groups is 1. The highest BCUT2D eigenvalue weighted by atomic mass is 127. The number of hydrogen-bond donors (Lipinski definition) is 1. The predicted octanol–water partition coefficient (Wildman–Crippen LogP) is 4.09. The van der Waals surface area contributed by atoms with Crippen LogP contribution in [0.4, 0.5) is 4.39 Å². The maximum Gasteiger partial charge on any atom is 0.193 e. The van der Waals surface area contributed by atoms with Crippen molar-refractivity contribution in [3.05, 3.63) is 53.7 Å². The van der Waals surface area contributed by atoms with E-state index in [0.717, 1.165) is 30.1 Å². The van der Waals surface area contributed by atoms with Crippen molar-refractivity contribution in [2.75, 3.05) is 40.5 Å². The van der Waals surface area contributed by atoms with Gasteiger partial charge >= 0.3 is 0 Å². The molecule has 0 fully saturated rings. The lowest BCUT2D eigenvalue weighted by atomic mass is 10.2. The summed E-state index contributed by atoms with van der Waals surface area (Å²) in [5, 5.41) is 3.36. The molecule has 0 bridgehead atoms. The Kier molecular flexibility index (Phi) is 12.4. The van der Waals surface area contributed by atoms with E-state index in [1.165, 1.54) is 13.2 Å². The molecule has 0 aliphatic heterocycles. The van der Waals surface area contributed by atoms with Gasteiger partial charge in [0.15, 0.2) is 17.5 Å². The Morgan fingerprint density at radius 2 is 2.14 bits per heavy atom. The van der Waals surface area contributed by atoms with E-state index in [4.69, 9.17) is 13.9 Å². The van der Waals surface area contributed by atoms with E-state index in [-0.39, 0.29) is 35.5 Å². The number of hydrogen-bond acceptors (Lipinski definition) is 4. The van der Waals surface area contributed by atoms with Crippen LogP contribution in [0.1, 0.15) is 24.7 Å². The third-order valence-electron chi connectivity index (χ3n) is 4.14. The zero-order valence-corrected chi connectivity index (χ0v) is 19.6. The first-order valence-electron chi connectivity index (χ1n) is 9.56. The minimum Gasteiger partial charge on any atom is -0.494 e. The Labute approximate surface area is 189 Å². The first kappa shape index (κ1) is 25.2. The monoisotopic (exact) mass is 519 g/mol. The number of halogens is 2. The van der Waals surface area contributed by atoms with Gasteiger partial charge in [0.1, 0.15) is 5.76 Å².